The number of hydrogen-bond donors (Lipinski definition) is 2. The van der Waals surface area contributed by atoms with Gasteiger partial charge >= 0.3 is 0 Å². The van der Waals surface area contributed by atoms with Crippen LogP contribution >= 0.6 is 0 Å². The molecule has 3 rings (SSSR count). The maximum atomic E-state index is 12.0. The number of benzene rings is 1. The van der Waals surface area contributed by atoms with Gasteiger partial charge in [-0.1, -0.05) is 11.6 Å². The van der Waals surface area contributed by atoms with Crippen molar-refractivity contribution in [1.82, 2.24) is 10.3 Å². The zero-order chi connectivity index (χ0) is 11.8. The van der Waals surface area contributed by atoms with Gasteiger partial charge in [0.05, 0.1) is 0 Å². The van der Waals surface area contributed by atoms with Crippen LogP contribution in [0, 0.1) is 6.92 Å². The lowest BCUT2D eigenvalue weighted by Crippen LogP contribution is -2.18. The molecule has 1 atom stereocenters. The molecular formula is C14H16N2O. The molecule has 1 unspecified atom stereocenters. The highest BCUT2D eigenvalue weighted by Gasteiger charge is 2.19. The molecule has 1 aliphatic rings. The molecule has 1 saturated heterocycles. The fourth-order valence-electron chi connectivity index (χ4n) is 2.57. The third-order valence-corrected chi connectivity index (χ3v) is 3.53. The van der Waals surface area contributed by atoms with Crippen molar-refractivity contribution >= 4 is 10.9 Å². The molecule has 2 aromatic rings. The third-order valence-electron chi connectivity index (χ3n) is 3.53. The van der Waals surface area contributed by atoms with E-state index >= 15 is 0 Å². The average Bonchev–Trinajstić information content (AvgIpc) is 2.82. The van der Waals surface area contributed by atoms with Crippen LogP contribution in [0.1, 0.15) is 23.5 Å². The summed E-state index contributed by atoms with van der Waals surface area (Å²) in [6, 6.07) is 8.17. The number of rotatable bonds is 1. The first-order valence-corrected chi connectivity index (χ1v) is 6.08. The Kier molecular flexibility index (Phi) is 2.48. The summed E-state index contributed by atoms with van der Waals surface area (Å²) < 4.78 is 0. The Morgan fingerprint density at radius 2 is 2.18 bits per heavy atom. The fourth-order valence-corrected chi connectivity index (χ4v) is 2.57. The molecule has 17 heavy (non-hydrogen) atoms. The van der Waals surface area contributed by atoms with Gasteiger partial charge < -0.3 is 10.3 Å². The lowest BCUT2D eigenvalue weighted by atomic mass is 9.98. The number of aromatic nitrogens is 1. The summed E-state index contributed by atoms with van der Waals surface area (Å²) in [4.78, 5) is 15.0. The molecule has 0 aliphatic carbocycles. The van der Waals surface area contributed by atoms with Crippen LogP contribution in [0.15, 0.2) is 29.1 Å². The predicted molar refractivity (Wildman–Crippen MR) is 69.5 cm³/mol. The van der Waals surface area contributed by atoms with Crippen molar-refractivity contribution in [3.63, 3.8) is 0 Å². The number of pyridine rings is 1. The second-order valence-electron chi connectivity index (χ2n) is 4.83. The normalized spacial score (nSPS) is 19.9. The molecule has 3 heteroatoms. The van der Waals surface area contributed by atoms with E-state index in [1.54, 1.807) is 0 Å². The van der Waals surface area contributed by atoms with Crippen molar-refractivity contribution in [2.75, 3.05) is 13.1 Å². The summed E-state index contributed by atoms with van der Waals surface area (Å²) in [6.07, 6.45) is 1.06. The summed E-state index contributed by atoms with van der Waals surface area (Å²) >= 11 is 0. The first kappa shape index (κ1) is 10.5. The van der Waals surface area contributed by atoms with Crippen LogP contribution in [0.3, 0.4) is 0 Å². The van der Waals surface area contributed by atoms with E-state index in [4.69, 9.17) is 0 Å². The molecule has 0 radical (unpaired) electrons. The highest BCUT2D eigenvalue weighted by atomic mass is 16.1. The number of nitrogens with one attached hydrogen (secondary N) is 2. The highest BCUT2D eigenvalue weighted by Crippen LogP contribution is 2.22. The van der Waals surface area contributed by atoms with E-state index in [2.05, 4.69) is 29.4 Å². The van der Waals surface area contributed by atoms with Crippen LogP contribution in [0.4, 0.5) is 0 Å². The average molecular weight is 228 g/mol. The first-order chi connectivity index (χ1) is 8.24. The minimum Gasteiger partial charge on any atom is -0.322 e. The zero-order valence-electron chi connectivity index (χ0n) is 9.92. The Morgan fingerprint density at radius 1 is 1.29 bits per heavy atom. The molecule has 2 N–H and O–H groups in total. The third kappa shape index (κ3) is 1.87. The van der Waals surface area contributed by atoms with E-state index in [-0.39, 0.29) is 5.56 Å². The number of hydrogen-bond acceptors (Lipinski definition) is 2. The summed E-state index contributed by atoms with van der Waals surface area (Å²) in [5.41, 5.74) is 3.14. The van der Waals surface area contributed by atoms with Crippen LogP contribution < -0.4 is 10.9 Å². The number of aromatic amines is 1. The smallest absolute Gasteiger partial charge is 0.251 e. The Labute approximate surface area is 99.9 Å². The SMILES string of the molecule is Cc1ccc2[nH]c(=O)c(C3CCNC3)cc2c1. The van der Waals surface area contributed by atoms with Crippen LogP contribution in [0.5, 0.6) is 0 Å². The second kappa shape index (κ2) is 4.00. The van der Waals surface area contributed by atoms with Gasteiger partial charge in [0.1, 0.15) is 0 Å². The van der Waals surface area contributed by atoms with E-state index in [1.165, 1.54) is 5.56 Å². The molecular weight excluding hydrogens is 212 g/mol. The van der Waals surface area contributed by atoms with Gasteiger partial charge in [-0.3, -0.25) is 4.79 Å². The largest absolute Gasteiger partial charge is 0.322 e. The van der Waals surface area contributed by atoms with E-state index in [9.17, 15) is 4.79 Å². The van der Waals surface area contributed by atoms with Gasteiger partial charge in [0.25, 0.3) is 5.56 Å². The fraction of sp³-hybridized carbons (Fsp3) is 0.357. The summed E-state index contributed by atoms with van der Waals surface area (Å²) in [5.74, 6) is 0.365. The van der Waals surface area contributed by atoms with Crippen LogP contribution in [0.2, 0.25) is 0 Å². The maximum Gasteiger partial charge on any atom is 0.251 e. The minimum atomic E-state index is 0.0649. The zero-order valence-corrected chi connectivity index (χ0v) is 9.92. The van der Waals surface area contributed by atoms with Crippen molar-refractivity contribution < 1.29 is 0 Å². The minimum absolute atomic E-state index is 0.0649. The van der Waals surface area contributed by atoms with Crippen LogP contribution in [0.25, 0.3) is 10.9 Å². The molecule has 88 valence electrons. The Morgan fingerprint density at radius 3 is 2.94 bits per heavy atom. The molecule has 3 nitrogen and oxygen atoms in total. The van der Waals surface area contributed by atoms with Crippen LogP contribution in [-0.2, 0) is 0 Å². The number of fused-ring (bicyclic) bond motifs is 1. The quantitative estimate of drug-likeness (QED) is 0.783. The van der Waals surface area contributed by atoms with Gasteiger partial charge in [-0.15, -0.1) is 0 Å². The molecule has 1 fully saturated rings. The molecule has 0 bridgehead atoms. The van der Waals surface area contributed by atoms with E-state index in [1.807, 2.05) is 12.1 Å². The summed E-state index contributed by atoms with van der Waals surface area (Å²) in [5, 5.41) is 4.44. The van der Waals surface area contributed by atoms with Gasteiger partial charge in [0.15, 0.2) is 0 Å². The lowest BCUT2D eigenvalue weighted by Gasteiger charge is -2.09. The van der Waals surface area contributed by atoms with Gasteiger partial charge in [-0.05, 0) is 43.5 Å². The van der Waals surface area contributed by atoms with Crippen molar-refractivity contribution in [1.29, 1.82) is 0 Å². The molecule has 1 aromatic heterocycles. The van der Waals surface area contributed by atoms with E-state index in [0.717, 1.165) is 36.0 Å². The molecule has 0 spiro atoms. The van der Waals surface area contributed by atoms with Gasteiger partial charge in [0, 0.05) is 23.5 Å². The number of aryl methyl sites for hydroxylation is 1. The first-order valence-electron chi connectivity index (χ1n) is 6.08. The van der Waals surface area contributed by atoms with Crippen molar-refractivity contribution in [3.05, 3.63) is 45.7 Å². The molecule has 0 saturated carbocycles. The predicted octanol–water partition coefficient (Wildman–Crippen LogP) is 1.91. The molecule has 1 aromatic carbocycles. The maximum absolute atomic E-state index is 12.0. The molecule has 1 aliphatic heterocycles. The standard InChI is InChI=1S/C14H16N2O/c1-9-2-3-13-11(6-9)7-12(14(17)16-13)10-4-5-15-8-10/h2-3,6-7,10,15H,4-5,8H2,1H3,(H,16,17). The second-order valence-corrected chi connectivity index (χ2v) is 4.83. The van der Waals surface area contributed by atoms with Crippen molar-refractivity contribution in [2.24, 2.45) is 0 Å². The van der Waals surface area contributed by atoms with E-state index in [0.29, 0.717) is 5.92 Å². The van der Waals surface area contributed by atoms with Gasteiger partial charge in [0.2, 0.25) is 0 Å². The lowest BCUT2D eigenvalue weighted by molar-refractivity contribution is 0.753. The van der Waals surface area contributed by atoms with E-state index < -0.39 is 0 Å². The van der Waals surface area contributed by atoms with Gasteiger partial charge in [-0.2, -0.15) is 0 Å². The van der Waals surface area contributed by atoms with Crippen molar-refractivity contribution in [2.45, 2.75) is 19.3 Å². The molecule has 0 amide bonds. The monoisotopic (exact) mass is 228 g/mol. The Bertz CT molecular complexity index is 609. The number of H-pyrrole nitrogens is 1. The van der Waals surface area contributed by atoms with Crippen molar-refractivity contribution in [3.8, 4) is 0 Å². The highest BCUT2D eigenvalue weighted by molar-refractivity contribution is 5.79. The Hall–Kier alpha value is -1.61. The Balaban J connectivity index is 2.18. The molecule has 2 heterocycles. The van der Waals surface area contributed by atoms with Crippen LogP contribution in [-0.4, -0.2) is 18.1 Å². The summed E-state index contributed by atoms with van der Waals surface area (Å²) in [7, 11) is 0. The topological polar surface area (TPSA) is 44.9 Å². The van der Waals surface area contributed by atoms with Gasteiger partial charge in [-0.25, -0.2) is 0 Å². The summed E-state index contributed by atoms with van der Waals surface area (Å²) in [6.45, 7) is 4.00.